The van der Waals surface area contributed by atoms with Crippen molar-refractivity contribution in [3.05, 3.63) is 58.1 Å². The van der Waals surface area contributed by atoms with Gasteiger partial charge in [0.1, 0.15) is 5.75 Å². The molecule has 0 heterocycles. The van der Waals surface area contributed by atoms with Crippen molar-refractivity contribution in [2.45, 2.75) is 13.5 Å². The van der Waals surface area contributed by atoms with E-state index in [2.05, 4.69) is 52.4 Å². The number of carbonyl (C=O) groups excluding carboxylic acids is 1. The first-order valence-electron chi connectivity index (χ1n) is 6.54. The molecule has 3 N–H and O–H groups in total. The summed E-state index contributed by atoms with van der Waals surface area (Å²) in [5, 5.41) is 3.35. The van der Waals surface area contributed by atoms with Gasteiger partial charge in [-0.3, -0.25) is 4.79 Å². The molecule has 0 fully saturated rings. The summed E-state index contributed by atoms with van der Waals surface area (Å²) >= 11 is 3.43. The predicted molar refractivity (Wildman–Crippen MR) is 87.3 cm³/mol. The second-order valence-electron chi connectivity index (χ2n) is 4.74. The summed E-state index contributed by atoms with van der Waals surface area (Å²) in [5.74, 6) is 0.111. The molecule has 21 heavy (non-hydrogen) atoms. The minimum atomic E-state index is -0.494. The van der Waals surface area contributed by atoms with Gasteiger partial charge < -0.3 is 15.8 Å². The molecule has 0 aliphatic rings. The first kappa shape index (κ1) is 15.4. The number of nitrogens with two attached hydrogens (primary N) is 1. The van der Waals surface area contributed by atoms with Gasteiger partial charge in [-0.05, 0) is 52.7 Å². The van der Waals surface area contributed by atoms with E-state index in [1.54, 1.807) is 0 Å². The van der Waals surface area contributed by atoms with E-state index in [1.165, 1.54) is 5.56 Å². The molecule has 2 rings (SSSR count). The minimum absolute atomic E-state index is 0.125. The Balaban J connectivity index is 1.96. The number of halogens is 1. The van der Waals surface area contributed by atoms with Gasteiger partial charge in [0, 0.05) is 12.2 Å². The average molecular weight is 349 g/mol. The van der Waals surface area contributed by atoms with Crippen molar-refractivity contribution in [3.8, 4) is 5.75 Å². The van der Waals surface area contributed by atoms with Gasteiger partial charge in [0.15, 0.2) is 6.61 Å². The van der Waals surface area contributed by atoms with E-state index < -0.39 is 5.91 Å². The van der Waals surface area contributed by atoms with Crippen LogP contribution in [-0.2, 0) is 11.3 Å². The van der Waals surface area contributed by atoms with Gasteiger partial charge in [0.05, 0.1) is 4.47 Å². The summed E-state index contributed by atoms with van der Waals surface area (Å²) < 4.78 is 6.09. The maximum atomic E-state index is 10.7. The molecule has 0 saturated heterocycles. The van der Waals surface area contributed by atoms with Crippen LogP contribution < -0.4 is 15.8 Å². The maximum Gasteiger partial charge on any atom is 0.255 e. The fourth-order valence-electron chi connectivity index (χ4n) is 1.80. The third-order valence-electron chi connectivity index (χ3n) is 2.91. The zero-order valence-corrected chi connectivity index (χ0v) is 13.3. The summed E-state index contributed by atoms with van der Waals surface area (Å²) in [5.41, 5.74) is 8.47. The molecule has 4 nitrogen and oxygen atoms in total. The number of benzene rings is 2. The van der Waals surface area contributed by atoms with E-state index in [0.717, 1.165) is 15.7 Å². The maximum absolute atomic E-state index is 10.7. The van der Waals surface area contributed by atoms with E-state index in [0.29, 0.717) is 12.3 Å². The Morgan fingerprint density at radius 2 is 1.95 bits per heavy atom. The van der Waals surface area contributed by atoms with Gasteiger partial charge in [-0.25, -0.2) is 0 Å². The zero-order valence-electron chi connectivity index (χ0n) is 11.7. The lowest BCUT2D eigenvalue weighted by molar-refractivity contribution is -0.119. The van der Waals surface area contributed by atoms with E-state index in [9.17, 15) is 4.79 Å². The van der Waals surface area contributed by atoms with Crippen LogP contribution in [0.1, 0.15) is 11.1 Å². The Labute approximate surface area is 132 Å². The molecule has 2 aromatic carbocycles. The number of rotatable bonds is 6. The van der Waals surface area contributed by atoms with Crippen LogP contribution in [0.3, 0.4) is 0 Å². The molecule has 0 aromatic heterocycles. The highest BCUT2D eigenvalue weighted by atomic mass is 79.9. The lowest BCUT2D eigenvalue weighted by atomic mass is 10.2. The number of primary amides is 1. The lowest BCUT2D eigenvalue weighted by Crippen LogP contribution is -2.20. The molecule has 5 heteroatoms. The predicted octanol–water partition coefficient (Wildman–Crippen LogP) is 3.23. The summed E-state index contributed by atoms with van der Waals surface area (Å²) in [4.78, 5) is 10.7. The highest BCUT2D eigenvalue weighted by Crippen LogP contribution is 2.26. The van der Waals surface area contributed by atoms with Gasteiger partial charge in [0.2, 0.25) is 0 Å². The topological polar surface area (TPSA) is 64.3 Å². The Morgan fingerprint density at radius 3 is 2.57 bits per heavy atom. The zero-order chi connectivity index (χ0) is 15.2. The number of amides is 1. The third kappa shape index (κ3) is 4.79. The number of carbonyl (C=O) groups is 1. The minimum Gasteiger partial charge on any atom is -0.483 e. The Kier molecular flexibility index (Phi) is 5.22. The van der Waals surface area contributed by atoms with Crippen molar-refractivity contribution >= 4 is 27.5 Å². The number of anilines is 1. The van der Waals surface area contributed by atoms with Crippen LogP contribution >= 0.6 is 15.9 Å². The largest absolute Gasteiger partial charge is 0.483 e. The molecule has 110 valence electrons. The summed E-state index contributed by atoms with van der Waals surface area (Å²) in [6, 6.07) is 14.0. The Morgan fingerprint density at radius 1 is 1.24 bits per heavy atom. The van der Waals surface area contributed by atoms with Crippen molar-refractivity contribution in [3.63, 3.8) is 0 Å². The number of hydrogen-bond acceptors (Lipinski definition) is 3. The summed E-state index contributed by atoms with van der Waals surface area (Å²) in [7, 11) is 0. The first-order chi connectivity index (χ1) is 10.0. The normalized spacial score (nSPS) is 10.2. The van der Waals surface area contributed by atoms with Crippen LogP contribution in [0.2, 0.25) is 0 Å². The molecule has 0 bridgehead atoms. The van der Waals surface area contributed by atoms with Crippen molar-refractivity contribution in [1.29, 1.82) is 0 Å². The first-order valence-corrected chi connectivity index (χ1v) is 7.34. The molecule has 1 amide bonds. The van der Waals surface area contributed by atoms with E-state index >= 15 is 0 Å². The fraction of sp³-hybridized carbons (Fsp3) is 0.188. The lowest BCUT2D eigenvalue weighted by Gasteiger charge is -2.10. The van der Waals surface area contributed by atoms with E-state index in [-0.39, 0.29) is 6.61 Å². The smallest absolute Gasteiger partial charge is 0.255 e. The number of nitrogens with one attached hydrogen (secondary N) is 1. The monoisotopic (exact) mass is 348 g/mol. The highest BCUT2D eigenvalue weighted by molar-refractivity contribution is 9.10. The molecule has 0 atom stereocenters. The molecule has 0 radical (unpaired) electrons. The van der Waals surface area contributed by atoms with Gasteiger partial charge in [0.25, 0.3) is 5.91 Å². The SMILES string of the molecule is Cc1ccc(NCc2ccc(OCC(N)=O)c(Br)c2)cc1. The molecular weight excluding hydrogens is 332 g/mol. The van der Waals surface area contributed by atoms with Crippen LogP contribution in [0.5, 0.6) is 5.75 Å². The molecule has 0 saturated carbocycles. The number of ether oxygens (including phenoxy) is 1. The molecule has 0 spiro atoms. The second-order valence-corrected chi connectivity index (χ2v) is 5.59. The Bertz CT molecular complexity index is 627. The van der Waals surface area contributed by atoms with Gasteiger partial charge in [-0.1, -0.05) is 23.8 Å². The van der Waals surface area contributed by atoms with Gasteiger partial charge in [-0.15, -0.1) is 0 Å². The number of hydrogen-bond donors (Lipinski definition) is 2. The Hall–Kier alpha value is -2.01. The molecule has 0 aliphatic carbocycles. The molecule has 0 unspecified atom stereocenters. The van der Waals surface area contributed by atoms with Crippen molar-refractivity contribution in [1.82, 2.24) is 0 Å². The molecular formula is C16H17BrN2O2. The fourth-order valence-corrected chi connectivity index (χ4v) is 2.34. The quantitative estimate of drug-likeness (QED) is 0.842. The van der Waals surface area contributed by atoms with Crippen LogP contribution in [0.15, 0.2) is 46.9 Å². The summed E-state index contributed by atoms with van der Waals surface area (Å²) in [6.07, 6.45) is 0. The third-order valence-corrected chi connectivity index (χ3v) is 3.53. The van der Waals surface area contributed by atoms with Crippen LogP contribution in [0.4, 0.5) is 5.69 Å². The van der Waals surface area contributed by atoms with Crippen LogP contribution in [-0.4, -0.2) is 12.5 Å². The van der Waals surface area contributed by atoms with E-state index in [4.69, 9.17) is 10.5 Å². The van der Waals surface area contributed by atoms with Crippen molar-refractivity contribution in [2.24, 2.45) is 5.73 Å². The number of aryl methyl sites for hydroxylation is 1. The van der Waals surface area contributed by atoms with Crippen molar-refractivity contribution in [2.75, 3.05) is 11.9 Å². The van der Waals surface area contributed by atoms with Gasteiger partial charge in [-0.2, -0.15) is 0 Å². The van der Waals surface area contributed by atoms with Crippen LogP contribution in [0.25, 0.3) is 0 Å². The summed E-state index contributed by atoms with van der Waals surface area (Å²) in [6.45, 7) is 2.64. The van der Waals surface area contributed by atoms with Crippen LogP contribution in [0, 0.1) is 6.92 Å². The second kappa shape index (κ2) is 7.13. The average Bonchev–Trinajstić information content (AvgIpc) is 2.45. The van der Waals surface area contributed by atoms with Gasteiger partial charge >= 0.3 is 0 Å². The van der Waals surface area contributed by atoms with Crippen molar-refractivity contribution < 1.29 is 9.53 Å². The standard InChI is InChI=1S/C16H17BrN2O2/c1-11-2-5-13(6-3-11)19-9-12-4-7-15(14(17)8-12)21-10-16(18)20/h2-8,19H,9-10H2,1H3,(H2,18,20). The van der Waals surface area contributed by atoms with E-state index in [1.807, 2.05) is 18.2 Å². The molecule has 0 aliphatic heterocycles. The highest BCUT2D eigenvalue weighted by Gasteiger charge is 2.04. The molecule has 2 aromatic rings.